The Morgan fingerprint density at radius 2 is 1.77 bits per heavy atom. The quantitative estimate of drug-likeness (QED) is 0.661. The Kier molecular flexibility index (Phi) is 2.92. The number of hydrogen-bond donors (Lipinski definition) is 1. The molecular weight excluding hydrogens is 158 g/mol. The van der Waals surface area contributed by atoms with Crippen molar-refractivity contribution in [1.29, 1.82) is 0 Å². The maximum absolute atomic E-state index is 5.87. The fraction of sp³-hybridized carbons (Fsp3) is 1.00. The molecular formula is C12H23N. The highest BCUT2D eigenvalue weighted by Crippen LogP contribution is 2.42. The molecule has 0 aromatic heterocycles. The molecule has 1 nitrogen and oxygen atoms in total. The van der Waals surface area contributed by atoms with Crippen LogP contribution in [0.15, 0.2) is 0 Å². The second-order valence-electron chi connectivity index (χ2n) is 5.35. The Morgan fingerprint density at radius 3 is 2.38 bits per heavy atom. The second-order valence-corrected chi connectivity index (χ2v) is 5.35. The van der Waals surface area contributed by atoms with Gasteiger partial charge in [0.15, 0.2) is 0 Å². The van der Waals surface area contributed by atoms with E-state index in [9.17, 15) is 0 Å². The molecule has 0 heterocycles. The highest BCUT2D eigenvalue weighted by atomic mass is 14.6. The van der Waals surface area contributed by atoms with Crippen LogP contribution in [-0.4, -0.2) is 6.54 Å². The smallest absolute Gasteiger partial charge is 0.00461 e. The van der Waals surface area contributed by atoms with Gasteiger partial charge in [0.25, 0.3) is 0 Å². The molecule has 3 aliphatic rings. The maximum atomic E-state index is 5.87. The summed E-state index contributed by atoms with van der Waals surface area (Å²) in [5.41, 5.74) is 5.87. The average molecular weight is 181 g/mol. The zero-order valence-corrected chi connectivity index (χ0v) is 8.84. The lowest BCUT2D eigenvalue weighted by molar-refractivity contribution is 0.129. The molecule has 0 spiro atoms. The molecule has 0 radical (unpaired) electrons. The zero-order valence-electron chi connectivity index (χ0n) is 8.84. The number of rotatable bonds is 1. The van der Waals surface area contributed by atoms with Crippen molar-refractivity contribution >= 4 is 0 Å². The fourth-order valence-electron chi connectivity index (χ4n) is 3.56. The van der Waals surface area contributed by atoms with Crippen LogP contribution in [-0.2, 0) is 0 Å². The van der Waals surface area contributed by atoms with E-state index in [1.807, 2.05) is 0 Å². The molecule has 0 aliphatic heterocycles. The first kappa shape index (κ1) is 9.51. The molecule has 13 heavy (non-hydrogen) atoms. The summed E-state index contributed by atoms with van der Waals surface area (Å²) in [4.78, 5) is 0. The first-order chi connectivity index (χ1) is 6.29. The fourth-order valence-corrected chi connectivity index (χ4v) is 3.56. The average Bonchev–Trinajstić information content (AvgIpc) is 2.12. The van der Waals surface area contributed by atoms with Crippen molar-refractivity contribution in [2.24, 2.45) is 29.4 Å². The highest BCUT2D eigenvalue weighted by molar-refractivity contribution is 4.83. The van der Waals surface area contributed by atoms with E-state index in [-0.39, 0.29) is 0 Å². The van der Waals surface area contributed by atoms with Crippen LogP contribution >= 0.6 is 0 Å². The molecule has 0 amide bonds. The van der Waals surface area contributed by atoms with Crippen LogP contribution in [0.2, 0.25) is 0 Å². The van der Waals surface area contributed by atoms with Crippen LogP contribution in [0.1, 0.15) is 45.4 Å². The predicted octanol–water partition coefficient (Wildman–Crippen LogP) is 2.80. The monoisotopic (exact) mass is 181 g/mol. The minimum absolute atomic E-state index is 0.844. The summed E-state index contributed by atoms with van der Waals surface area (Å²) in [6.45, 7) is 3.35. The summed E-state index contributed by atoms with van der Waals surface area (Å²) in [6, 6.07) is 0. The minimum Gasteiger partial charge on any atom is -0.330 e. The van der Waals surface area contributed by atoms with E-state index in [0.717, 1.165) is 30.2 Å². The van der Waals surface area contributed by atoms with Gasteiger partial charge in [-0.2, -0.15) is 0 Å². The third-order valence-electron chi connectivity index (χ3n) is 4.30. The summed E-state index contributed by atoms with van der Waals surface area (Å²) in [6.07, 6.45) is 8.80. The standard InChI is InChI=1S/C12H23N/c1-9-6-10-2-4-11(5-3-10)12(7-9)8-13/h9-12H,2-8,13H2,1H3. The Morgan fingerprint density at radius 1 is 1.08 bits per heavy atom. The molecule has 2 unspecified atom stereocenters. The summed E-state index contributed by atoms with van der Waals surface area (Å²) in [5, 5.41) is 0. The highest BCUT2D eigenvalue weighted by Gasteiger charge is 2.31. The van der Waals surface area contributed by atoms with Gasteiger partial charge >= 0.3 is 0 Å². The van der Waals surface area contributed by atoms with Gasteiger partial charge < -0.3 is 5.73 Å². The van der Waals surface area contributed by atoms with Crippen LogP contribution in [0.3, 0.4) is 0 Å². The molecule has 3 saturated carbocycles. The molecule has 0 aromatic rings. The third-order valence-corrected chi connectivity index (χ3v) is 4.30. The van der Waals surface area contributed by atoms with Gasteiger partial charge in [-0.1, -0.05) is 19.8 Å². The normalized spacial score (nSPS) is 45.7. The maximum Gasteiger partial charge on any atom is -0.00461 e. The van der Waals surface area contributed by atoms with Crippen molar-refractivity contribution in [3.05, 3.63) is 0 Å². The van der Waals surface area contributed by atoms with Crippen molar-refractivity contribution < 1.29 is 0 Å². The minimum atomic E-state index is 0.844. The molecule has 76 valence electrons. The van der Waals surface area contributed by atoms with E-state index in [1.54, 1.807) is 0 Å². The molecule has 3 aliphatic carbocycles. The Labute approximate surface area is 82.1 Å². The predicted molar refractivity (Wildman–Crippen MR) is 56.4 cm³/mol. The molecule has 3 fully saturated rings. The topological polar surface area (TPSA) is 26.0 Å². The van der Waals surface area contributed by atoms with Crippen molar-refractivity contribution in [3.8, 4) is 0 Å². The van der Waals surface area contributed by atoms with E-state index in [4.69, 9.17) is 5.73 Å². The zero-order chi connectivity index (χ0) is 9.26. The molecule has 3 rings (SSSR count). The molecule has 2 bridgehead atoms. The van der Waals surface area contributed by atoms with Crippen LogP contribution in [0.4, 0.5) is 0 Å². The number of nitrogens with two attached hydrogens (primary N) is 1. The first-order valence-electron chi connectivity index (χ1n) is 5.99. The summed E-state index contributed by atoms with van der Waals surface area (Å²) in [5.74, 6) is 3.81. The van der Waals surface area contributed by atoms with E-state index in [1.165, 1.54) is 38.5 Å². The van der Waals surface area contributed by atoms with E-state index >= 15 is 0 Å². The van der Waals surface area contributed by atoms with Crippen LogP contribution in [0.5, 0.6) is 0 Å². The van der Waals surface area contributed by atoms with E-state index < -0.39 is 0 Å². The first-order valence-corrected chi connectivity index (χ1v) is 5.99. The number of fused-ring (bicyclic) bond motifs is 5. The van der Waals surface area contributed by atoms with Gasteiger partial charge in [0.1, 0.15) is 0 Å². The van der Waals surface area contributed by atoms with Gasteiger partial charge in [-0.15, -0.1) is 0 Å². The van der Waals surface area contributed by atoms with E-state index in [0.29, 0.717) is 0 Å². The van der Waals surface area contributed by atoms with Crippen LogP contribution < -0.4 is 5.73 Å². The lowest BCUT2D eigenvalue weighted by atomic mass is 9.67. The Bertz CT molecular complexity index is 159. The van der Waals surface area contributed by atoms with Crippen LogP contribution in [0, 0.1) is 23.7 Å². The van der Waals surface area contributed by atoms with Gasteiger partial charge in [0.2, 0.25) is 0 Å². The van der Waals surface area contributed by atoms with Crippen molar-refractivity contribution in [1.82, 2.24) is 0 Å². The van der Waals surface area contributed by atoms with Crippen molar-refractivity contribution in [2.75, 3.05) is 6.54 Å². The van der Waals surface area contributed by atoms with Gasteiger partial charge in [-0.3, -0.25) is 0 Å². The SMILES string of the molecule is CC1CC2CCC(CC2)C(CN)C1. The van der Waals surface area contributed by atoms with Gasteiger partial charge in [0, 0.05) is 0 Å². The summed E-state index contributed by atoms with van der Waals surface area (Å²) < 4.78 is 0. The third kappa shape index (κ3) is 2.07. The largest absolute Gasteiger partial charge is 0.330 e. The van der Waals surface area contributed by atoms with Gasteiger partial charge in [0.05, 0.1) is 0 Å². The lowest BCUT2D eigenvalue weighted by Gasteiger charge is -2.39. The van der Waals surface area contributed by atoms with E-state index in [2.05, 4.69) is 6.92 Å². The number of hydrogen-bond acceptors (Lipinski definition) is 1. The Hall–Kier alpha value is -0.0400. The van der Waals surface area contributed by atoms with Crippen molar-refractivity contribution in [3.63, 3.8) is 0 Å². The molecule has 2 atom stereocenters. The van der Waals surface area contributed by atoms with Crippen LogP contribution in [0.25, 0.3) is 0 Å². The molecule has 0 aromatic carbocycles. The molecule has 0 saturated heterocycles. The summed E-state index contributed by atoms with van der Waals surface area (Å²) >= 11 is 0. The molecule has 2 N–H and O–H groups in total. The van der Waals surface area contributed by atoms with Gasteiger partial charge in [-0.05, 0) is 55.9 Å². The second kappa shape index (κ2) is 4.00. The lowest BCUT2D eigenvalue weighted by Crippen LogP contribution is -2.32. The van der Waals surface area contributed by atoms with Crippen molar-refractivity contribution in [2.45, 2.75) is 45.4 Å². The Balaban J connectivity index is 2.04. The van der Waals surface area contributed by atoms with Gasteiger partial charge in [-0.25, -0.2) is 0 Å². The summed E-state index contributed by atoms with van der Waals surface area (Å²) in [7, 11) is 0. The molecule has 1 heteroatoms.